The Kier molecular flexibility index (Phi) is 23.2. The maximum absolute atomic E-state index is 15.6. The van der Waals surface area contributed by atoms with Crippen LogP contribution in [-0.4, -0.2) is 210 Å². The maximum atomic E-state index is 15.6. The third-order valence-corrected chi connectivity index (χ3v) is 22.1. The summed E-state index contributed by atoms with van der Waals surface area (Å²) in [5.74, 6) is -7.63. The van der Waals surface area contributed by atoms with Crippen LogP contribution in [0.2, 0.25) is 0 Å². The monoisotopic (exact) mass is 1370 g/mol. The average Bonchev–Trinajstić information content (AvgIpc) is 1.68. The summed E-state index contributed by atoms with van der Waals surface area (Å²) < 4.78 is 87.4. The summed E-state index contributed by atoms with van der Waals surface area (Å²) >= 11 is 0. The van der Waals surface area contributed by atoms with Crippen molar-refractivity contribution >= 4 is 36.1 Å². The van der Waals surface area contributed by atoms with Crippen LogP contribution < -0.4 is 10.5 Å². The van der Waals surface area contributed by atoms with Gasteiger partial charge < -0.3 is 97.3 Å². The predicted octanol–water partition coefficient (Wildman–Crippen LogP) is 4.40. The topological polar surface area (TPSA) is 372 Å². The van der Waals surface area contributed by atoms with E-state index < -0.39 is 216 Å². The zero-order valence-electron chi connectivity index (χ0n) is 57.6. The van der Waals surface area contributed by atoms with Gasteiger partial charge in [0.15, 0.2) is 48.7 Å². The molecule has 0 aromatic heterocycles. The number of hydrogen-bond acceptors (Lipinski definition) is 26. The van der Waals surface area contributed by atoms with Crippen LogP contribution in [0.5, 0.6) is 0 Å². The lowest BCUT2D eigenvalue weighted by atomic mass is 9.49. The van der Waals surface area contributed by atoms with Gasteiger partial charge in [0, 0.05) is 63.2 Å². The summed E-state index contributed by atoms with van der Waals surface area (Å²) in [6, 6.07) is -1.04. The minimum atomic E-state index is -2.23. The fourth-order valence-corrected chi connectivity index (χ4v) is 17.2. The third-order valence-electron chi connectivity index (χ3n) is 22.1. The lowest BCUT2D eigenvalue weighted by Crippen LogP contribution is -3.17. The van der Waals surface area contributed by atoms with E-state index in [1.54, 1.807) is 40.7 Å². The van der Waals surface area contributed by atoms with E-state index in [0.717, 1.165) is 7.11 Å². The highest BCUT2D eigenvalue weighted by Gasteiger charge is 2.65. The number of methoxy groups -OCH3 is 1. The zero-order valence-corrected chi connectivity index (χ0v) is 57.6. The van der Waals surface area contributed by atoms with Crippen LogP contribution >= 0.6 is 0 Å². The van der Waals surface area contributed by atoms with Crippen molar-refractivity contribution in [2.45, 2.75) is 281 Å². The molecule has 0 radical (unpaired) electrons. The standard InChI is InChI=1S/C69H100N2O26/c1-31-14-18-48(91-56-28-67(11,71(82)83)62(38(8)89-56)70-66(81)84-13)32(2)23-44-46(76)24-41(29-72)27-69(44)64(79)57(65(80)97-69)63(78)68(12)43(31)16-15-42-58(68)33(3)22-34(4)59(42)96-55-26-50(61(90-40(10)74)51(94-55)30-85-39(9)73)93-52-21-19-49(36(6)87-52)92-54-25-47(77)60(37(7)88-54)95-53-20-17-45(75)35(5)86-53/h14-16,23-24,29,33-38,42-56,58-62,71,75-78,82H,17-22,25-28,30H2,1-13H3,(H,70,81). The summed E-state index contributed by atoms with van der Waals surface area (Å²) in [5, 5.41) is 71.9. The number of rotatable bonds is 16. The third kappa shape index (κ3) is 15.3. The molecule has 28 nitrogen and oxygen atoms in total. The van der Waals surface area contributed by atoms with Gasteiger partial charge in [-0.2, -0.15) is 0 Å². The molecule has 2 bridgehead atoms. The molecule has 28 heteroatoms. The molecule has 0 aromatic carbocycles. The van der Waals surface area contributed by atoms with Gasteiger partial charge in [0.2, 0.25) is 5.78 Å². The van der Waals surface area contributed by atoms with E-state index in [4.69, 9.17) is 66.3 Å². The number of Topliss-reactive ketones (excluding diaryl/α,β-unsaturated/α-hetero) is 1. The molecule has 542 valence electrons. The van der Waals surface area contributed by atoms with E-state index >= 15 is 4.79 Å². The number of quaternary nitrogens is 1. The molecule has 6 aliphatic heterocycles. The van der Waals surface area contributed by atoms with Crippen LogP contribution in [0, 0.1) is 46.1 Å². The van der Waals surface area contributed by atoms with Crippen LogP contribution in [0.4, 0.5) is 4.79 Å². The number of allylic oxidation sites excluding steroid dienone is 3. The normalized spacial score (nSPS) is 45.2. The molecule has 1 amide bonds. The lowest BCUT2D eigenvalue weighted by molar-refractivity contribution is -1.09. The van der Waals surface area contributed by atoms with Crippen molar-refractivity contribution in [3.63, 3.8) is 0 Å². The highest BCUT2D eigenvalue weighted by Crippen LogP contribution is 2.61. The first kappa shape index (κ1) is 74.6. The fourth-order valence-electron chi connectivity index (χ4n) is 17.2. The van der Waals surface area contributed by atoms with Gasteiger partial charge in [-0.15, -0.1) is 0 Å². The molecule has 7 N–H and O–H groups in total. The summed E-state index contributed by atoms with van der Waals surface area (Å²) in [6.07, 6.45) is -6.14. The Labute approximate surface area is 565 Å². The molecule has 10 aliphatic rings. The molecule has 6 saturated heterocycles. The Morgan fingerprint density at radius 3 is 2.05 bits per heavy atom. The number of esters is 3. The minimum absolute atomic E-state index is 0.0162. The average molecular weight is 1370 g/mol. The molecule has 30 unspecified atom stereocenters. The number of nitrogens with one attached hydrogen (secondary N) is 2. The van der Waals surface area contributed by atoms with Gasteiger partial charge in [-0.05, 0) is 109 Å². The maximum Gasteiger partial charge on any atom is 0.407 e. The Bertz CT molecular complexity index is 3050. The summed E-state index contributed by atoms with van der Waals surface area (Å²) in [4.78, 5) is 81.0. The second kappa shape index (κ2) is 30.2. The first-order valence-electron chi connectivity index (χ1n) is 34.2. The van der Waals surface area contributed by atoms with Crippen molar-refractivity contribution in [2.75, 3.05) is 13.7 Å². The minimum Gasteiger partial charge on any atom is -0.600 e. The number of fused-ring (bicyclic) bond motifs is 4. The number of amides is 1. The van der Waals surface area contributed by atoms with E-state index in [9.17, 15) is 54.8 Å². The SMILES string of the molecule is COC(=O)NC1C(C)OC(OC2CC=C(C)C3C=CC4C(OC5CC(OC6CCC(OC7CC(O)C(OC8CCC(O)C(C)O8)C(C)O7)C(C)O6)C(OC(C)=O)C(COC(C)=O)O5)C(C)CC(C)C4C3(C)C(O)=C3C(=O)OC4(CC(C=O)=CC(O)C4C=C2C)C3=O)CC1(C)[NH+]([O-])O. The number of hydrogen-bond donors (Lipinski definition) is 7. The van der Waals surface area contributed by atoms with Gasteiger partial charge in [-0.25, -0.2) is 20.0 Å². The Balaban J connectivity index is 0.930. The molecule has 10 rings (SSSR count). The van der Waals surface area contributed by atoms with Gasteiger partial charge in [-0.3, -0.25) is 19.2 Å². The van der Waals surface area contributed by atoms with Crippen LogP contribution in [-0.2, 0) is 90.3 Å². The Hall–Kier alpha value is -5.12. The van der Waals surface area contributed by atoms with E-state index in [-0.39, 0.29) is 49.7 Å². The van der Waals surface area contributed by atoms with E-state index in [2.05, 4.69) is 5.32 Å². The fraction of sp³-hybridized carbons (Fsp3) is 0.768. The number of aliphatic hydroxyl groups is 4. The van der Waals surface area contributed by atoms with Crippen LogP contribution in [0.1, 0.15) is 147 Å². The number of alkyl carbamates (subject to hydrolysis) is 1. The summed E-state index contributed by atoms with van der Waals surface area (Å²) in [5.41, 5.74) is -4.89. The Morgan fingerprint density at radius 1 is 0.732 bits per heavy atom. The van der Waals surface area contributed by atoms with Crippen LogP contribution in [0.15, 0.2) is 58.4 Å². The first-order valence-corrected chi connectivity index (χ1v) is 34.2. The van der Waals surface area contributed by atoms with Gasteiger partial charge in [0.25, 0.3) is 0 Å². The number of carbonyl (C=O) groups is 6. The van der Waals surface area contributed by atoms with Crippen molar-refractivity contribution in [3.8, 4) is 0 Å². The summed E-state index contributed by atoms with van der Waals surface area (Å²) in [6.45, 7) is 20.0. The molecule has 6 heterocycles. The second-order valence-corrected chi connectivity index (χ2v) is 29.0. The van der Waals surface area contributed by atoms with E-state index in [1.165, 1.54) is 26.8 Å². The van der Waals surface area contributed by atoms with E-state index in [1.807, 2.05) is 45.9 Å². The smallest absolute Gasteiger partial charge is 0.407 e. The quantitative estimate of drug-likeness (QED) is 0.0281. The van der Waals surface area contributed by atoms with Crippen molar-refractivity contribution in [2.24, 2.45) is 40.9 Å². The van der Waals surface area contributed by atoms with Crippen LogP contribution in [0.3, 0.4) is 0 Å². The highest BCUT2D eigenvalue weighted by molar-refractivity contribution is 6.26. The molecule has 7 fully saturated rings. The predicted molar refractivity (Wildman–Crippen MR) is 335 cm³/mol. The molecule has 4 aliphatic carbocycles. The second-order valence-electron chi connectivity index (χ2n) is 29.0. The van der Waals surface area contributed by atoms with Crippen molar-refractivity contribution in [3.05, 3.63) is 63.6 Å². The van der Waals surface area contributed by atoms with Gasteiger partial charge in [0.05, 0.1) is 80.5 Å². The molecule has 1 spiro atoms. The molecule has 97 heavy (non-hydrogen) atoms. The largest absolute Gasteiger partial charge is 0.600 e. The first-order chi connectivity index (χ1) is 45.8. The number of carbonyl (C=O) groups excluding carboxylic acids is 6. The van der Waals surface area contributed by atoms with Crippen molar-refractivity contribution < 1.29 is 126 Å². The number of ketones is 1. The molecule has 1 saturated carbocycles. The van der Waals surface area contributed by atoms with Crippen molar-refractivity contribution in [1.29, 1.82) is 0 Å². The van der Waals surface area contributed by atoms with Gasteiger partial charge in [-0.1, -0.05) is 50.6 Å². The number of aldehydes is 1. The number of aliphatic hydroxyl groups excluding tert-OH is 4. The van der Waals surface area contributed by atoms with Crippen molar-refractivity contribution in [1.82, 2.24) is 5.32 Å². The van der Waals surface area contributed by atoms with E-state index in [0.29, 0.717) is 49.5 Å². The number of hydroxylamine groups is 2. The van der Waals surface area contributed by atoms with Crippen LogP contribution in [0.25, 0.3) is 0 Å². The highest BCUT2D eigenvalue weighted by atomic mass is 16.8. The number of ether oxygens (including phenoxy) is 14. The molecular formula is C69H100N2O26. The van der Waals surface area contributed by atoms with Gasteiger partial charge >= 0.3 is 24.0 Å². The lowest BCUT2D eigenvalue weighted by Gasteiger charge is -2.57. The Morgan fingerprint density at radius 2 is 1.39 bits per heavy atom. The molecule has 30 atom stereocenters. The summed E-state index contributed by atoms with van der Waals surface area (Å²) in [7, 11) is 1.16. The zero-order chi connectivity index (χ0) is 70.5. The molecular weight excluding hydrogens is 1270 g/mol. The van der Waals surface area contributed by atoms with Gasteiger partial charge in [0.1, 0.15) is 48.6 Å². The molecule has 0 aromatic rings.